The lowest BCUT2D eigenvalue weighted by molar-refractivity contribution is -0.134. The van der Waals surface area contributed by atoms with Crippen molar-refractivity contribution in [3.8, 4) is 16.9 Å². The maximum Gasteiger partial charge on any atom is 0.234 e. The maximum atomic E-state index is 15.3. The number of piperazine rings is 1. The molecule has 0 spiro atoms. The van der Waals surface area contributed by atoms with Crippen LogP contribution in [0.3, 0.4) is 0 Å². The van der Waals surface area contributed by atoms with Crippen LogP contribution in [-0.2, 0) is 21.2 Å². The quantitative estimate of drug-likeness (QED) is 0.0710. The number of hydrogen-bond donors (Lipinski definition) is 3. The van der Waals surface area contributed by atoms with Crippen LogP contribution in [0.25, 0.3) is 22.0 Å². The summed E-state index contributed by atoms with van der Waals surface area (Å²) in [7, 11) is -0.830. The Kier molecular flexibility index (Phi) is 13.3. The number of anilines is 6. The summed E-state index contributed by atoms with van der Waals surface area (Å²) >= 11 is 3.64. The number of pyridine rings is 1. The second-order valence-electron chi connectivity index (χ2n) is 20.3. The van der Waals surface area contributed by atoms with Crippen LogP contribution in [0, 0.1) is 17.6 Å². The molecule has 5 fully saturated rings. The molecule has 3 N–H and O–H groups in total. The van der Waals surface area contributed by atoms with E-state index in [4.69, 9.17) is 9.72 Å². The summed E-state index contributed by atoms with van der Waals surface area (Å²) in [6, 6.07) is 15.0. The number of nitrogens with one attached hydrogen (secondary N) is 3. The fraction of sp³-hybridized carbons (Fsp3) is 0.423. The molecule has 72 heavy (non-hydrogen) atoms. The Labute approximate surface area is 425 Å². The molecule has 1 saturated carbocycles. The number of para-hydroxylation sites is 1. The number of halogens is 3. The third-order valence-electron chi connectivity index (χ3n) is 14.7. The minimum atomic E-state index is -2.75. The van der Waals surface area contributed by atoms with Crippen molar-refractivity contribution in [2.45, 2.75) is 56.6 Å². The highest BCUT2D eigenvalue weighted by molar-refractivity contribution is 9.10. The fourth-order valence-corrected chi connectivity index (χ4v) is 12.5. The van der Waals surface area contributed by atoms with Crippen molar-refractivity contribution >= 4 is 85.6 Å². The molecule has 0 bridgehead atoms. The molecule has 2 amide bonds. The Morgan fingerprint density at radius 2 is 1.61 bits per heavy atom. The maximum absolute atomic E-state index is 15.3. The number of amides is 2. The first kappa shape index (κ1) is 48.3. The molecule has 376 valence electrons. The summed E-state index contributed by atoms with van der Waals surface area (Å²) in [5.41, 5.74) is 5.47. The van der Waals surface area contributed by atoms with E-state index in [2.05, 4.69) is 73.8 Å². The number of carbonyl (C=O) groups excluding carboxylic acids is 2. The number of aromatic nitrogens is 5. The van der Waals surface area contributed by atoms with Gasteiger partial charge in [-0.3, -0.25) is 29.5 Å². The molecule has 6 aromatic rings. The summed E-state index contributed by atoms with van der Waals surface area (Å²) in [6.45, 7) is 11.6. The number of aryl methyl sites for hydroxylation is 1. The summed E-state index contributed by atoms with van der Waals surface area (Å²) < 4.78 is 53.3. The number of carbonyl (C=O) groups is 2. The van der Waals surface area contributed by atoms with Gasteiger partial charge in [0.25, 0.3) is 0 Å². The average Bonchev–Trinajstić information content (AvgIpc) is 4.05. The van der Waals surface area contributed by atoms with E-state index in [9.17, 15) is 14.2 Å². The first-order chi connectivity index (χ1) is 34.7. The van der Waals surface area contributed by atoms with Crippen molar-refractivity contribution in [3.63, 3.8) is 0 Å². The molecule has 1 aliphatic carbocycles. The standard InChI is InChI=1S/C52H58BrF2N12O4P/c1-63-28-32(24-58-63)38-22-43(60-52-57-25-39(53)50(62-52)59-44-26-56-42-7-5-4-6-36(42)49(44)72(2,3)70)46(71-35-8-9-35)23-45(38)66-14-12-31(13-15-66)27-64-16-18-65(19-17-64)34-29-67(30-34)33-20-40(54)48(41(55)21-33)37-10-11-47(68)61-51(37)69/h4-7,20-26,28,31,34-35,37H,8-19,27,29-30H2,1-3H3,(H,61,68,69)(H2,57,59,60,62). The van der Waals surface area contributed by atoms with Crippen LogP contribution in [0.15, 0.2) is 77.8 Å². The highest BCUT2D eigenvalue weighted by Crippen LogP contribution is 2.45. The smallest absolute Gasteiger partial charge is 0.234 e. The van der Waals surface area contributed by atoms with Crippen LogP contribution in [-0.4, -0.2) is 131 Å². The average molecular weight is 1060 g/mol. The third kappa shape index (κ3) is 10.2. The second-order valence-corrected chi connectivity index (χ2v) is 24.3. The van der Waals surface area contributed by atoms with E-state index in [-0.39, 0.29) is 24.5 Å². The second kappa shape index (κ2) is 19.8. The van der Waals surface area contributed by atoms with E-state index in [1.165, 1.54) is 12.1 Å². The zero-order chi connectivity index (χ0) is 49.8. The zero-order valence-corrected chi connectivity index (χ0v) is 43.1. The summed E-state index contributed by atoms with van der Waals surface area (Å²) in [4.78, 5) is 47.7. The van der Waals surface area contributed by atoms with Crippen molar-refractivity contribution in [1.29, 1.82) is 0 Å². The highest BCUT2D eigenvalue weighted by atomic mass is 79.9. The van der Waals surface area contributed by atoms with E-state index in [1.807, 2.05) is 53.3 Å². The predicted octanol–water partition coefficient (Wildman–Crippen LogP) is 7.99. The van der Waals surface area contributed by atoms with Gasteiger partial charge in [-0.1, -0.05) is 18.2 Å². The van der Waals surface area contributed by atoms with Gasteiger partial charge < -0.3 is 34.6 Å². The summed E-state index contributed by atoms with van der Waals surface area (Å²) in [5, 5.41) is 15.2. The number of hydrogen-bond acceptors (Lipinski definition) is 14. The molecule has 3 aromatic carbocycles. The van der Waals surface area contributed by atoms with Gasteiger partial charge in [-0.2, -0.15) is 10.1 Å². The first-order valence-corrected chi connectivity index (χ1v) is 28.2. The molecule has 1 unspecified atom stereocenters. The third-order valence-corrected chi connectivity index (χ3v) is 16.9. The molecule has 0 radical (unpaired) electrons. The number of ether oxygens (including phenoxy) is 1. The van der Waals surface area contributed by atoms with E-state index >= 15 is 8.78 Å². The monoisotopic (exact) mass is 1060 g/mol. The topological polar surface area (TPSA) is 166 Å². The predicted molar refractivity (Wildman–Crippen MR) is 280 cm³/mol. The zero-order valence-electron chi connectivity index (χ0n) is 40.6. The minimum Gasteiger partial charge on any atom is -0.488 e. The largest absolute Gasteiger partial charge is 0.488 e. The van der Waals surface area contributed by atoms with Crippen molar-refractivity contribution in [3.05, 3.63) is 95.0 Å². The normalized spacial score (nSPS) is 19.7. The van der Waals surface area contributed by atoms with Gasteiger partial charge in [-0.15, -0.1) is 0 Å². The number of benzene rings is 3. The van der Waals surface area contributed by atoms with E-state index < -0.39 is 36.5 Å². The summed E-state index contributed by atoms with van der Waals surface area (Å²) in [6.07, 6.45) is 11.7. The molecular formula is C52H58BrF2N12O4P. The number of rotatable bonds is 14. The molecule has 1 atom stereocenters. The van der Waals surface area contributed by atoms with Gasteiger partial charge >= 0.3 is 0 Å². The van der Waals surface area contributed by atoms with Crippen LogP contribution >= 0.6 is 23.1 Å². The van der Waals surface area contributed by atoms with E-state index in [0.717, 1.165) is 111 Å². The van der Waals surface area contributed by atoms with Gasteiger partial charge in [0.1, 0.15) is 30.3 Å². The Bertz CT molecular complexity index is 3090. The van der Waals surface area contributed by atoms with Crippen molar-refractivity contribution in [2.75, 3.05) is 92.7 Å². The summed E-state index contributed by atoms with van der Waals surface area (Å²) in [5.74, 6) is -1.42. The van der Waals surface area contributed by atoms with Crippen LogP contribution < -0.4 is 35.8 Å². The Morgan fingerprint density at radius 3 is 2.31 bits per heavy atom. The number of piperidine rings is 2. The van der Waals surface area contributed by atoms with Crippen molar-refractivity contribution < 1.29 is 27.7 Å². The Hall–Kier alpha value is -6.01. The van der Waals surface area contributed by atoms with Crippen LogP contribution in [0.4, 0.5) is 43.3 Å². The number of imide groups is 1. The first-order valence-electron chi connectivity index (χ1n) is 24.8. The molecule has 4 aliphatic heterocycles. The van der Waals surface area contributed by atoms with Gasteiger partial charge in [-0.05, 0) is 91.5 Å². The SMILES string of the molecule is Cn1cc(-c2cc(Nc3ncc(Br)c(Nc4cnc5ccccc5c4P(C)(C)=O)n3)c(OC3CC3)cc2N2CCC(CN3CCN(C4CN(c5cc(F)c(C6CCC(=O)NC6=O)c(F)c5)C4)CC3)CC2)cn1. The molecule has 20 heteroatoms. The van der Waals surface area contributed by atoms with Crippen LogP contribution in [0.5, 0.6) is 5.75 Å². The van der Waals surface area contributed by atoms with Crippen molar-refractivity contribution in [1.82, 2.24) is 39.8 Å². The molecule has 3 aromatic heterocycles. The van der Waals surface area contributed by atoms with E-state index in [1.54, 1.807) is 25.7 Å². The van der Waals surface area contributed by atoms with Gasteiger partial charge in [-0.25, -0.2) is 13.8 Å². The van der Waals surface area contributed by atoms with Gasteiger partial charge in [0.15, 0.2) is 0 Å². The number of nitrogens with zero attached hydrogens (tertiary/aromatic N) is 9. The molecule has 16 nitrogen and oxygen atoms in total. The number of fused-ring (bicyclic) bond motifs is 1. The molecule has 5 aliphatic rings. The molecule has 4 saturated heterocycles. The minimum absolute atomic E-state index is 0.0604. The molecule has 11 rings (SSSR count). The fourth-order valence-electron chi connectivity index (χ4n) is 10.7. The lowest BCUT2D eigenvalue weighted by Gasteiger charge is -2.49. The highest BCUT2D eigenvalue weighted by Gasteiger charge is 2.37. The van der Waals surface area contributed by atoms with E-state index in [0.29, 0.717) is 58.0 Å². The van der Waals surface area contributed by atoms with Gasteiger partial charge in [0.05, 0.1) is 45.8 Å². The van der Waals surface area contributed by atoms with Gasteiger partial charge in [0, 0.05) is 136 Å². The Balaban J connectivity index is 0.736. The lowest BCUT2D eigenvalue weighted by atomic mass is 9.89. The van der Waals surface area contributed by atoms with Crippen LogP contribution in [0.2, 0.25) is 0 Å². The molecule has 7 heterocycles. The Morgan fingerprint density at radius 1 is 0.861 bits per heavy atom. The van der Waals surface area contributed by atoms with Gasteiger partial charge in [0.2, 0.25) is 17.8 Å². The van der Waals surface area contributed by atoms with Crippen molar-refractivity contribution in [2.24, 2.45) is 13.0 Å². The lowest BCUT2D eigenvalue weighted by Crippen LogP contribution is -2.63. The van der Waals surface area contributed by atoms with Crippen LogP contribution in [0.1, 0.15) is 50.0 Å². The molecular weight excluding hydrogens is 1010 g/mol.